The maximum Gasteiger partial charge on any atom is 0.304 e. The number of aryl methyl sites for hydroxylation is 1. The second-order valence-electron chi connectivity index (χ2n) is 4.23. The number of carboxylic acid groups (broad SMARTS) is 1. The fourth-order valence-electron chi connectivity index (χ4n) is 1.60. The molecule has 0 aliphatic carbocycles. The molecule has 0 saturated heterocycles. The number of carbonyl (C=O) groups is 1. The molecule has 108 valence electrons. The van der Waals surface area contributed by atoms with Crippen molar-refractivity contribution in [3.05, 3.63) is 15.4 Å². The molecule has 1 atom stereocenters. The van der Waals surface area contributed by atoms with E-state index >= 15 is 0 Å². The summed E-state index contributed by atoms with van der Waals surface area (Å²) >= 11 is 4.40. The Balaban J connectivity index is 2.90. The molecule has 0 spiro atoms. The molecule has 2 N–H and O–H groups in total. The summed E-state index contributed by atoms with van der Waals surface area (Å²) in [6.07, 6.45) is 1.00. The number of nitrogens with one attached hydrogen (secondary N) is 1. The van der Waals surface area contributed by atoms with E-state index in [2.05, 4.69) is 20.7 Å². The first-order valence-corrected chi connectivity index (χ1v) is 8.85. The van der Waals surface area contributed by atoms with Crippen molar-refractivity contribution >= 4 is 43.3 Å². The number of hydrogen-bond acceptors (Lipinski definition) is 4. The Bertz CT molecular complexity index is 534. The van der Waals surface area contributed by atoms with Crippen LogP contribution in [0.25, 0.3) is 0 Å². The minimum Gasteiger partial charge on any atom is -0.481 e. The summed E-state index contributed by atoms with van der Waals surface area (Å²) in [6, 6.07) is 0.995. The Labute approximate surface area is 125 Å². The monoisotopic (exact) mass is 369 g/mol. The van der Waals surface area contributed by atoms with Crippen LogP contribution in [0.5, 0.6) is 0 Å². The second kappa shape index (κ2) is 6.83. The van der Waals surface area contributed by atoms with Crippen LogP contribution < -0.4 is 4.72 Å². The third kappa shape index (κ3) is 4.87. The van der Waals surface area contributed by atoms with Gasteiger partial charge in [0.05, 0.1) is 10.2 Å². The van der Waals surface area contributed by atoms with E-state index in [0.29, 0.717) is 12.8 Å². The number of carboxylic acids is 1. The lowest BCUT2D eigenvalue weighted by Crippen LogP contribution is -2.36. The molecule has 1 unspecified atom stereocenters. The third-order valence-corrected chi connectivity index (χ3v) is 6.61. The highest BCUT2D eigenvalue weighted by atomic mass is 79.9. The normalized spacial score (nSPS) is 13.4. The molecule has 1 aromatic heterocycles. The van der Waals surface area contributed by atoms with Gasteiger partial charge in [-0.3, -0.25) is 4.79 Å². The highest BCUT2D eigenvalue weighted by molar-refractivity contribution is 9.11. The zero-order valence-electron chi connectivity index (χ0n) is 10.6. The van der Waals surface area contributed by atoms with Crippen molar-refractivity contribution in [2.24, 2.45) is 0 Å². The number of halogens is 1. The van der Waals surface area contributed by atoms with Crippen molar-refractivity contribution in [1.82, 2.24) is 4.72 Å². The van der Waals surface area contributed by atoms with Gasteiger partial charge in [-0.1, -0.05) is 13.3 Å². The minimum absolute atomic E-state index is 0.198. The largest absolute Gasteiger partial charge is 0.481 e. The maximum absolute atomic E-state index is 12.1. The Morgan fingerprint density at radius 2 is 2.21 bits per heavy atom. The van der Waals surface area contributed by atoms with Crippen LogP contribution in [-0.2, 0) is 14.8 Å². The Hall–Kier alpha value is -0.440. The zero-order valence-corrected chi connectivity index (χ0v) is 13.9. The van der Waals surface area contributed by atoms with Crippen LogP contribution in [0.3, 0.4) is 0 Å². The molecular formula is C11H16BrNO4S2. The van der Waals surface area contributed by atoms with Crippen molar-refractivity contribution in [2.45, 2.75) is 43.4 Å². The summed E-state index contributed by atoms with van der Waals surface area (Å²) in [5, 5.41) is 8.79. The van der Waals surface area contributed by atoms with E-state index in [4.69, 9.17) is 5.11 Å². The summed E-state index contributed by atoms with van der Waals surface area (Å²) in [5.41, 5.74) is 0.843. The molecule has 0 aromatic carbocycles. The van der Waals surface area contributed by atoms with Crippen LogP contribution >= 0.6 is 27.3 Å². The molecule has 1 rings (SSSR count). The zero-order chi connectivity index (χ0) is 14.6. The van der Waals surface area contributed by atoms with Crippen LogP contribution in [0.1, 0.15) is 31.7 Å². The van der Waals surface area contributed by atoms with Crippen LogP contribution in [-0.4, -0.2) is 25.5 Å². The first-order chi connectivity index (χ1) is 8.76. The fraction of sp³-hybridized carbons (Fsp3) is 0.545. The predicted molar refractivity (Wildman–Crippen MR) is 78.0 cm³/mol. The third-order valence-electron chi connectivity index (χ3n) is 2.48. The molecular weight excluding hydrogens is 354 g/mol. The maximum atomic E-state index is 12.1. The molecule has 1 heterocycles. The number of hydrogen-bond donors (Lipinski definition) is 2. The lowest BCUT2D eigenvalue weighted by molar-refractivity contribution is -0.137. The molecule has 0 fully saturated rings. The molecule has 5 nitrogen and oxygen atoms in total. The predicted octanol–water partition coefficient (Wildman–Crippen LogP) is 2.74. The van der Waals surface area contributed by atoms with Gasteiger partial charge in [-0.15, -0.1) is 11.3 Å². The summed E-state index contributed by atoms with van der Waals surface area (Å²) in [4.78, 5) is 10.7. The first-order valence-electron chi connectivity index (χ1n) is 5.76. The molecule has 8 heteroatoms. The van der Waals surface area contributed by atoms with Crippen LogP contribution in [0, 0.1) is 6.92 Å². The van der Waals surface area contributed by atoms with Gasteiger partial charge in [0.15, 0.2) is 0 Å². The SMILES string of the molecule is CCCC(CC(=O)O)NS(=O)(=O)c1cc(C)c(Br)s1. The lowest BCUT2D eigenvalue weighted by Gasteiger charge is -2.15. The van der Waals surface area contributed by atoms with E-state index in [0.717, 1.165) is 20.7 Å². The van der Waals surface area contributed by atoms with Gasteiger partial charge in [0.25, 0.3) is 0 Å². The number of thiophene rings is 1. The summed E-state index contributed by atoms with van der Waals surface area (Å²) < 4.78 is 27.7. The second-order valence-corrected chi connectivity index (χ2v) is 8.54. The van der Waals surface area contributed by atoms with E-state index < -0.39 is 22.0 Å². The quantitative estimate of drug-likeness (QED) is 0.773. The summed E-state index contributed by atoms with van der Waals surface area (Å²) in [7, 11) is -3.65. The van der Waals surface area contributed by atoms with E-state index in [1.807, 2.05) is 6.92 Å². The van der Waals surface area contributed by atoms with Gasteiger partial charge >= 0.3 is 5.97 Å². The summed E-state index contributed by atoms with van der Waals surface area (Å²) in [5.74, 6) is -1.01. The van der Waals surface area contributed by atoms with Crippen molar-refractivity contribution in [2.75, 3.05) is 0 Å². The van der Waals surface area contributed by atoms with Crippen molar-refractivity contribution in [3.8, 4) is 0 Å². The van der Waals surface area contributed by atoms with Gasteiger partial charge in [-0.05, 0) is 40.9 Å². The van der Waals surface area contributed by atoms with Crippen LogP contribution in [0.2, 0.25) is 0 Å². The van der Waals surface area contributed by atoms with E-state index in [1.54, 1.807) is 13.0 Å². The van der Waals surface area contributed by atoms with Gasteiger partial charge in [0.1, 0.15) is 4.21 Å². The topological polar surface area (TPSA) is 83.5 Å². The molecule has 0 saturated carbocycles. The molecule has 1 aromatic rings. The van der Waals surface area contributed by atoms with Gasteiger partial charge in [0, 0.05) is 6.04 Å². The molecule has 0 radical (unpaired) electrons. The first kappa shape index (κ1) is 16.6. The molecule has 19 heavy (non-hydrogen) atoms. The van der Waals surface area contributed by atoms with Gasteiger partial charge in [0.2, 0.25) is 10.0 Å². The fourth-order valence-corrected chi connectivity index (χ4v) is 5.12. The lowest BCUT2D eigenvalue weighted by atomic mass is 10.1. The standard InChI is InChI=1S/C11H16BrNO4S2/c1-3-4-8(6-9(14)15)13-19(16,17)10-5-7(2)11(12)18-10/h5,8,13H,3-4,6H2,1-2H3,(H,14,15). The average molecular weight is 370 g/mol. The van der Waals surface area contributed by atoms with Crippen molar-refractivity contribution in [1.29, 1.82) is 0 Å². The minimum atomic E-state index is -3.65. The smallest absolute Gasteiger partial charge is 0.304 e. The Kier molecular flexibility index (Phi) is 5.97. The highest BCUT2D eigenvalue weighted by Gasteiger charge is 2.23. The van der Waals surface area contributed by atoms with Crippen molar-refractivity contribution in [3.63, 3.8) is 0 Å². The molecule has 0 aliphatic heterocycles. The van der Waals surface area contributed by atoms with E-state index in [1.165, 1.54) is 0 Å². The Morgan fingerprint density at radius 3 is 2.63 bits per heavy atom. The molecule has 0 bridgehead atoms. The van der Waals surface area contributed by atoms with Gasteiger partial charge in [-0.2, -0.15) is 0 Å². The number of sulfonamides is 1. The Morgan fingerprint density at radius 1 is 1.58 bits per heavy atom. The highest BCUT2D eigenvalue weighted by Crippen LogP contribution is 2.30. The van der Waals surface area contributed by atoms with Crippen LogP contribution in [0.15, 0.2) is 14.1 Å². The van der Waals surface area contributed by atoms with Crippen LogP contribution in [0.4, 0.5) is 0 Å². The number of rotatable bonds is 7. The molecule has 0 aliphatic rings. The van der Waals surface area contributed by atoms with E-state index in [-0.39, 0.29) is 10.6 Å². The van der Waals surface area contributed by atoms with Gasteiger partial charge in [-0.25, -0.2) is 13.1 Å². The molecule has 0 amide bonds. The summed E-state index contributed by atoms with van der Waals surface area (Å²) in [6.45, 7) is 3.69. The van der Waals surface area contributed by atoms with Crippen molar-refractivity contribution < 1.29 is 18.3 Å². The number of aliphatic carboxylic acids is 1. The van der Waals surface area contributed by atoms with Gasteiger partial charge < -0.3 is 5.11 Å². The van der Waals surface area contributed by atoms with E-state index in [9.17, 15) is 13.2 Å². The average Bonchev–Trinajstić information content (AvgIpc) is 2.58.